The van der Waals surface area contributed by atoms with Gasteiger partial charge in [0.2, 0.25) is 0 Å². The van der Waals surface area contributed by atoms with Gasteiger partial charge in [0, 0.05) is 40.7 Å². The Morgan fingerprint density at radius 3 is 2.00 bits per heavy atom. The number of esters is 1. The number of ether oxygens (including phenoxy) is 3. The Morgan fingerprint density at radius 1 is 0.824 bits per heavy atom. The molecule has 4 fully saturated rings. The number of aromatic nitrogens is 3. The molecule has 4 bridgehead atoms. The minimum absolute atomic E-state index is 0.178. The molecule has 9 rings (SSSR count). The fourth-order valence-corrected chi connectivity index (χ4v) is 9.35. The van der Waals surface area contributed by atoms with E-state index in [-0.39, 0.29) is 23.7 Å². The van der Waals surface area contributed by atoms with Crippen molar-refractivity contribution in [3.63, 3.8) is 0 Å². The topological polar surface area (TPSA) is 87.8 Å². The fraction of sp³-hybridized carbons (Fsp3) is 0.349. The molecule has 2 heterocycles. The van der Waals surface area contributed by atoms with Crippen molar-refractivity contribution in [1.29, 1.82) is 0 Å². The lowest BCUT2D eigenvalue weighted by Crippen LogP contribution is -2.48. The summed E-state index contributed by atoms with van der Waals surface area (Å²) in [4.78, 5) is 23.9. The summed E-state index contributed by atoms with van der Waals surface area (Å²) in [7, 11) is 3.03. The van der Waals surface area contributed by atoms with Crippen LogP contribution < -0.4 is 9.47 Å². The van der Waals surface area contributed by atoms with Crippen molar-refractivity contribution in [2.75, 3.05) is 14.2 Å². The second-order valence-electron chi connectivity index (χ2n) is 14.7. The normalized spacial score (nSPS) is 21.7. The molecule has 51 heavy (non-hydrogen) atoms. The molecule has 0 N–H and O–H groups in total. The lowest BCUT2D eigenvalue weighted by molar-refractivity contribution is -0.0638. The van der Waals surface area contributed by atoms with Crippen molar-refractivity contribution in [2.24, 2.45) is 28.2 Å². The van der Waals surface area contributed by atoms with Gasteiger partial charge in [-0.15, -0.1) is 0 Å². The van der Waals surface area contributed by atoms with Crippen LogP contribution in [0.2, 0.25) is 0 Å². The van der Waals surface area contributed by atoms with Gasteiger partial charge in [0.25, 0.3) is 0 Å². The molecule has 8 heteroatoms. The second-order valence-corrected chi connectivity index (χ2v) is 14.7. The monoisotopic (exact) mass is 680 g/mol. The zero-order valence-electron chi connectivity index (χ0n) is 29.5. The van der Waals surface area contributed by atoms with E-state index in [9.17, 15) is 4.79 Å². The van der Waals surface area contributed by atoms with E-state index in [0.717, 1.165) is 58.0 Å². The molecule has 0 saturated heterocycles. The van der Waals surface area contributed by atoms with Crippen LogP contribution in [-0.2, 0) is 17.9 Å². The average molecular weight is 681 g/mol. The summed E-state index contributed by atoms with van der Waals surface area (Å²) in [5.41, 5.74) is 6.47. The van der Waals surface area contributed by atoms with Crippen molar-refractivity contribution in [3.05, 3.63) is 125 Å². The summed E-state index contributed by atoms with van der Waals surface area (Å²) in [6.07, 6.45) is 11.7. The number of rotatable bonds is 11. The molecule has 0 amide bonds. The Labute approximate surface area is 299 Å². The van der Waals surface area contributed by atoms with Crippen LogP contribution in [0.5, 0.6) is 11.5 Å². The number of benzene rings is 3. The quantitative estimate of drug-likeness (QED) is 0.102. The standard InChI is InChI=1S/C43H44N4O4/c1-28-36(25-45-47(28)27-43-21-30-18-31(22-43)20-32(19-30)23-43)37-24-44-41(46-39(33-10-6-4-7-11-33)34-12-8-5-9-13-34)40(38(37)42(48)50-3)51-26-29-14-16-35(49-2)17-15-29/h4-17,24-25,30-32H,18-23,26-27H2,1-3H3. The molecule has 0 atom stereocenters. The van der Waals surface area contributed by atoms with Gasteiger partial charge in [0.05, 0.1) is 26.1 Å². The molecule has 0 unspecified atom stereocenters. The highest BCUT2D eigenvalue weighted by Gasteiger charge is 2.51. The summed E-state index contributed by atoms with van der Waals surface area (Å²) < 4.78 is 19.6. The van der Waals surface area contributed by atoms with Crippen molar-refractivity contribution >= 4 is 17.5 Å². The summed E-state index contributed by atoms with van der Waals surface area (Å²) >= 11 is 0. The number of methoxy groups -OCH3 is 2. The predicted molar refractivity (Wildman–Crippen MR) is 198 cm³/mol. The number of pyridine rings is 1. The van der Waals surface area contributed by atoms with Gasteiger partial charge in [0.1, 0.15) is 17.9 Å². The number of nitrogens with zero attached hydrogens (tertiary/aromatic N) is 4. The van der Waals surface area contributed by atoms with Crippen LogP contribution in [0.1, 0.15) is 71.3 Å². The minimum atomic E-state index is -0.525. The molecule has 5 aromatic rings. The highest BCUT2D eigenvalue weighted by molar-refractivity contribution is 6.14. The van der Waals surface area contributed by atoms with Gasteiger partial charge in [-0.2, -0.15) is 5.10 Å². The Morgan fingerprint density at radius 2 is 1.43 bits per heavy atom. The highest BCUT2D eigenvalue weighted by atomic mass is 16.5. The average Bonchev–Trinajstić information content (AvgIpc) is 3.51. The number of hydrogen-bond acceptors (Lipinski definition) is 7. The van der Waals surface area contributed by atoms with Crippen molar-refractivity contribution in [2.45, 2.75) is 58.6 Å². The Bertz CT molecular complexity index is 1980. The molecule has 4 aliphatic carbocycles. The van der Waals surface area contributed by atoms with Gasteiger partial charge in [-0.05, 0) is 86.3 Å². The summed E-state index contributed by atoms with van der Waals surface area (Å²) in [5.74, 6) is 3.34. The molecule has 4 aliphatic rings. The van der Waals surface area contributed by atoms with Gasteiger partial charge in [0.15, 0.2) is 11.6 Å². The largest absolute Gasteiger partial charge is 0.497 e. The van der Waals surface area contributed by atoms with Crippen LogP contribution in [0.25, 0.3) is 11.1 Å². The molecule has 0 spiro atoms. The van der Waals surface area contributed by atoms with E-state index < -0.39 is 5.97 Å². The zero-order chi connectivity index (χ0) is 35.0. The molecule has 0 radical (unpaired) electrons. The summed E-state index contributed by atoms with van der Waals surface area (Å²) in [6, 6.07) is 27.6. The lowest BCUT2D eigenvalue weighted by Gasteiger charge is -2.56. The molecule has 3 aromatic carbocycles. The first-order valence-corrected chi connectivity index (χ1v) is 18.0. The maximum absolute atomic E-state index is 13.9. The first-order chi connectivity index (χ1) is 24.9. The van der Waals surface area contributed by atoms with Crippen molar-refractivity contribution < 1.29 is 19.0 Å². The van der Waals surface area contributed by atoms with Crippen LogP contribution in [-0.4, -0.2) is 40.7 Å². The predicted octanol–water partition coefficient (Wildman–Crippen LogP) is 9.01. The summed E-state index contributed by atoms with van der Waals surface area (Å²) in [6.45, 7) is 3.18. The van der Waals surface area contributed by atoms with Crippen molar-refractivity contribution in [3.8, 4) is 22.6 Å². The molecule has 8 nitrogen and oxygen atoms in total. The van der Waals surface area contributed by atoms with E-state index >= 15 is 0 Å². The maximum atomic E-state index is 13.9. The SMILES string of the molecule is COC(=O)c1c(-c2cnn(CC34CC5CC(CC(C5)C3)C4)c2C)cnc(N=C(c2ccccc2)c2ccccc2)c1OCc1ccc(OC)cc1. The molecule has 0 aliphatic heterocycles. The van der Waals surface area contributed by atoms with Gasteiger partial charge < -0.3 is 14.2 Å². The third-order valence-electron chi connectivity index (χ3n) is 11.3. The second kappa shape index (κ2) is 13.8. The van der Waals surface area contributed by atoms with Gasteiger partial charge >= 0.3 is 5.97 Å². The van der Waals surface area contributed by atoms with Crippen LogP contribution >= 0.6 is 0 Å². The highest BCUT2D eigenvalue weighted by Crippen LogP contribution is 2.60. The third-order valence-corrected chi connectivity index (χ3v) is 11.3. The van der Waals surface area contributed by atoms with Crippen molar-refractivity contribution in [1.82, 2.24) is 14.8 Å². The van der Waals surface area contributed by atoms with E-state index in [2.05, 4.69) is 11.6 Å². The van der Waals surface area contributed by atoms with Crippen LogP contribution in [0.4, 0.5) is 5.82 Å². The van der Waals surface area contributed by atoms with Crippen LogP contribution in [0.15, 0.2) is 102 Å². The first-order valence-electron chi connectivity index (χ1n) is 18.0. The van der Waals surface area contributed by atoms with Crippen LogP contribution in [0.3, 0.4) is 0 Å². The summed E-state index contributed by atoms with van der Waals surface area (Å²) in [5, 5.41) is 4.94. The van der Waals surface area contributed by atoms with Gasteiger partial charge in [-0.3, -0.25) is 4.68 Å². The van der Waals surface area contributed by atoms with E-state index in [4.69, 9.17) is 29.3 Å². The van der Waals surface area contributed by atoms with E-state index in [1.807, 2.05) is 91.1 Å². The molecule has 2 aromatic heterocycles. The number of aliphatic imine (C=N–C) groups is 1. The van der Waals surface area contributed by atoms with E-state index in [0.29, 0.717) is 16.7 Å². The third kappa shape index (κ3) is 6.55. The lowest BCUT2D eigenvalue weighted by atomic mass is 9.49. The Hall–Kier alpha value is -5.24. The number of carbonyl (C=O) groups excluding carboxylic acids is 1. The minimum Gasteiger partial charge on any atom is -0.497 e. The van der Waals surface area contributed by atoms with Gasteiger partial charge in [-0.1, -0.05) is 72.8 Å². The molecule has 260 valence electrons. The molecular formula is C43H44N4O4. The van der Waals surface area contributed by atoms with E-state index in [1.54, 1.807) is 13.3 Å². The van der Waals surface area contributed by atoms with E-state index in [1.165, 1.54) is 45.6 Å². The van der Waals surface area contributed by atoms with Crippen LogP contribution in [0, 0.1) is 30.1 Å². The first kappa shape index (κ1) is 32.9. The maximum Gasteiger partial charge on any atom is 0.342 e. The molecular weight excluding hydrogens is 636 g/mol. The smallest absolute Gasteiger partial charge is 0.342 e. The van der Waals surface area contributed by atoms with Gasteiger partial charge in [-0.25, -0.2) is 14.8 Å². The fourth-order valence-electron chi connectivity index (χ4n) is 9.35. The Kier molecular flexibility index (Phi) is 8.92. The molecule has 4 saturated carbocycles. The number of carbonyl (C=O) groups is 1. The Balaban J connectivity index is 1.24. The zero-order valence-corrected chi connectivity index (χ0v) is 29.5. The number of hydrogen-bond donors (Lipinski definition) is 0.